The number of rotatable bonds is 7. The number of ether oxygens (including phenoxy) is 1. The first-order valence-corrected chi connectivity index (χ1v) is 5.61. The first-order valence-electron chi connectivity index (χ1n) is 5.61. The van der Waals surface area contributed by atoms with Crippen LogP contribution in [0.25, 0.3) is 0 Å². The van der Waals surface area contributed by atoms with Crippen LogP contribution in [-0.4, -0.2) is 28.7 Å². The summed E-state index contributed by atoms with van der Waals surface area (Å²) in [5, 5.41) is 8.57. The Morgan fingerprint density at radius 1 is 1.25 bits per heavy atom. The Kier molecular flexibility index (Phi) is 6.03. The summed E-state index contributed by atoms with van der Waals surface area (Å²) in [4.78, 5) is 22.0. The van der Waals surface area contributed by atoms with Crippen molar-refractivity contribution in [2.75, 3.05) is 0 Å². The lowest BCUT2D eigenvalue weighted by Crippen LogP contribution is -2.38. The number of aliphatic carboxylic acids is 1. The van der Waals surface area contributed by atoms with Gasteiger partial charge in [0.15, 0.2) is 0 Å². The molecule has 0 saturated heterocycles. The molecule has 0 aromatic rings. The Labute approximate surface area is 96.0 Å². The number of carboxylic acid groups (broad SMARTS) is 1. The zero-order valence-corrected chi connectivity index (χ0v) is 10.2. The zero-order chi connectivity index (χ0) is 12.8. The summed E-state index contributed by atoms with van der Waals surface area (Å²) in [5.74, 6) is -1.73. The monoisotopic (exact) mass is 231 g/mol. The van der Waals surface area contributed by atoms with Gasteiger partial charge in [-0.3, -0.25) is 9.59 Å². The van der Waals surface area contributed by atoms with Gasteiger partial charge >= 0.3 is 11.9 Å². The molecule has 0 aliphatic carbocycles. The molecule has 0 bridgehead atoms. The number of carbonyl (C=O) groups is 2. The molecule has 0 aliphatic heterocycles. The highest BCUT2D eigenvalue weighted by atomic mass is 16.6. The Hall–Kier alpha value is -1.10. The molecular weight excluding hydrogens is 210 g/mol. The van der Waals surface area contributed by atoms with Crippen molar-refractivity contribution in [1.82, 2.24) is 0 Å². The summed E-state index contributed by atoms with van der Waals surface area (Å²) in [7, 11) is 0. The quantitative estimate of drug-likeness (QED) is 0.644. The summed E-state index contributed by atoms with van der Waals surface area (Å²) >= 11 is 0. The summed E-state index contributed by atoms with van der Waals surface area (Å²) in [6, 6.07) is -1.18. The van der Waals surface area contributed by atoms with Crippen LogP contribution in [0.4, 0.5) is 0 Å². The van der Waals surface area contributed by atoms with Gasteiger partial charge in [-0.1, -0.05) is 20.8 Å². The predicted molar refractivity (Wildman–Crippen MR) is 59.9 cm³/mol. The largest absolute Gasteiger partial charge is 0.480 e. The molecule has 0 aromatic heterocycles. The molecule has 3 N–H and O–H groups in total. The average molecular weight is 231 g/mol. The van der Waals surface area contributed by atoms with Crippen LogP contribution in [0.1, 0.15) is 46.5 Å². The molecule has 0 amide bonds. The highest BCUT2D eigenvalue weighted by Gasteiger charge is 2.29. The standard InChI is InChI=1S/C11H21NO4/c1-4-11(5-2,6-3)16-9(13)7-8(12)10(14)15/h8H,4-7,12H2,1-3H3,(H,14,15)/t8-/m0/s1. The average Bonchev–Trinajstić information content (AvgIpc) is 2.26. The van der Waals surface area contributed by atoms with Crippen molar-refractivity contribution >= 4 is 11.9 Å². The Bertz CT molecular complexity index is 240. The normalized spacial score (nSPS) is 13.2. The van der Waals surface area contributed by atoms with Gasteiger partial charge in [0.25, 0.3) is 0 Å². The van der Waals surface area contributed by atoms with Crippen LogP contribution in [0.2, 0.25) is 0 Å². The van der Waals surface area contributed by atoms with E-state index in [9.17, 15) is 9.59 Å². The van der Waals surface area contributed by atoms with Crippen molar-refractivity contribution in [3.05, 3.63) is 0 Å². The smallest absolute Gasteiger partial charge is 0.321 e. The van der Waals surface area contributed by atoms with Crippen molar-refractivity contribution in [2.24, 2.45) is 5.73 Å². The number of hydrogen-bond donors (Lipinski definition) is 2. The minimum absolute atomic E-state index is 0.281. The van der Waals surface area contributed by atoms with E-state index in [4.69, 9.17) is 15.6 Å². The second kappa shape index (κ2) is 6.48. The Morgan fingerprint density at radius 2 is 1.69 bits per heavy atom. The molecule has 5 heteroatoms. The molecule has 0 rings (SSSR count). The van der Waals surface area contributed by atoms with Gasteiger partial charge in [-0.05, 0) is 19.3 Å². The molecule has 0 radical (unpaired) electrons. The Morgan fingerprint density at radius 3 is 2.00 bits per heavy atom. The van der Waals surface area contributed by atoms with E-state index in [1.165, 1.54) is 0 Å². The predicted octanol–water partition coefficient (Wildman–Crippen LogP) is 1.30. The fraction of sp³-hybridized carbons (Fsp3) is 0.818. The number of esters is 1. The van der Waals surface area contributed by atoms with E-state index >= 15 is 0 Å². The van der Waals surface area contributed by atoms with Crippen molar-refractivity contribution in [2.45, 2.75) is 58.1 Å². The van der Waals surface area contributed by atoms with Gasteiger partial charge in [-0.15, -0.1) is 0 Å². The van der Waals surface area contributed by atoms with Crippen LogP contribution in [0, 0.1) is 0 Å². The first kappa shape index (κ1) is 14.9. The maximum atomic E-state index is 11.5. The molecule has 94 valence electrons. The number of carboxylic acids is 1. The van der Waals surface area contributed by atoms with Gasteiger partial charge in [0, 0.05) is 0 Å². The molecule has 0 heterocycles. The minimum Gasteiger partial charge on any atom is -0.480 e. The first-order chi connectivity index (χ1) is 7.40. The van der Waals surface area contributed by atoms with Gasteiger partial charge in [0.05, 0.1) is 6.42 Å². The van der Waals surface area contributed by atoms with E-state index in [2.05, 4.69) is 0 Å². The van der Waals surface area contributed by atoms with Crippen molar-refractivity contribution < 1.29 is 19.4 Å². The molecule has 0 spiro atoms. The van der Waals surface area contributed by atoms with Crippen LogP contribution in [-0.2, 0) is 14.3 Å². The van der Waals surface area contributed by atoms with Gasteiger partial charge in [0.2, 0.25) is 0 Å². The van der Waals surface area contributed by atoms with Gasteiger partial charge in [-0.2, -0.15) is 0 Å². The number of nitrogens with two attached hydrogens (primary N) is 1. The Balaban J connectivity index is 4.36. The zero-order valence-electron chi connectivity index (χ0n) is 10.2. The molecule has 0 saturated carbocycles. The van der Waals surface area contributed by atoms with Gasteiger partial charge in [-0.25, -0.2) is 0 Å². The molecule has 0 aromatic carbocycles. The maximum Gasteiger partial charge on any atom is 0.321 e. The molecule has 0 aliphatic rings. The van der Waals surface area contributed by atoms with Crippen molar-refractivity contribution in [3.63, 3.8) is 0 Å². The SMILES string of the molecule is CCC(CC)(CC)OC(=O)C[C@H](N)C(=O)O. The van der Waals surface area contributed by atoms with Gasteiger partial charge < -0.3 is 15.6 Å². The van der Waals surface area contributed by atoms with E-state index in [1.54, 1.807) is 0 Å². The summed E-state index contributed by atoms with van der Waals surface area (Å²) in [6.07, 6.45) is 1.87. The van der Waals surface area contributed by atoms with E-state index in [1.807, 2.05) is 20.8 Å². The topological polar surface area (TPSA) is 89.6 Å². The van der Waals surface area contributed by atoms with E-state index in [0.29, 0.717) is 19.3 Å². The van der Waals surface area contributed by atoms with E-state index in [-0.39, 0.29) is 6.42 Å². The third-order valence-corrected chi connectivity index (χ3v) is 2.97. The molecule has 0 fully saturated rings. The lowest BCUT2D eigenvalue weighted by Gasteiger charge is -2.30. The van der Waals surface area contributed by atoms with Gasteiger partial charge in [0.1, 0.15) is 11.6 Å². The highest BCUT2D eigenvalue weighted by Crippen LogP contribution is 2.25. The summed E-state index contributed by atoms with van der Waals surface area (Å²) in [5.41, 5.74) is 4.78. The van der Waals surface area contributed by atoms with E-state index < -0.39 is 23.6 Å². The second-order valence-electron chi connectivity index (χ2n) is 3.87. The lowest BCUT2D eigenvalue weighted by molar-refractivity contribution is -0.163. The van der Waals surface area contributed by atoms with Crippen LogP contribution in [0.15, 0.2) is 0 Å². The van der Waals surface area contributed by atoms with Crippen LogP contribution in [0.5, 0.6) is 0 Å². The second-order valence-corrected chi connectivity index (χ2v) is 3.87. The highest BCUT2D eigenvalue weighted by molar-refractivity contribution is 5.81. The molecule has 0 unspecified atom stereocenters. The van der Waals surface area contributed by atoms with Crippen LogP contribution >= 0.6 is 0 Å². The maximum absolute atomic E-state index is 11.5. The number of hydrogen-bond acceptors (Lipinski definition) is 4. The number of carbonyl (C=O) groups excluding carboxylic acids is 1. The summed E-state index contributed by atoms with van der Waals surface area (Å²) < 4.78 is 5.32. The lowest BCUT2D eigenvalue weighted by atomic mass is 9.94. The minimum atomic E-state index is -1.19. The third-order valence-electron chi connectivity index (χ3n) is 2.97. The molecular formula is C11H21NO4. The van der Waals surface area contributed by atoms with E-state index in [0.717, 1.165) is 0 Å². The fourth-order valence-corrected chi connectivity index (χ4v) is 1.52. The molecule has 1 atom stereocenters. The van der Waals surface area contributed by atoms with Crippen LogP contribution in [0.3, 0.4) is 0 Å². The molecule has 5 nitrogen and oxygen atoms in total. The third kappa shape index (κ3) is 4.18. The van der Waals surface area contributed by atoms with Crippen molar-refractivity contribution in [3.8, 4) is 0 Å². The fourth-order valence-electron chi connectivity index (χ4n) is 1.52. The summed E-state index contributed by atoms with van der Waals surface area (Å²) in [6.45, 7) is 5.83. The molecule has 16 heavy (non-hydrogen) atoms. The van der Waals surface area contributed by atoms with Crippen molar-refractivity contribution in [1.29, 1.82) is 0 Å². The van der Waals surface area contributed by atoms with Crippen LogP contribution < -0.4 is 5.73 Å².